The van der Waals surface area contributed by atoms with E-state index in [4.69, 9.17) is 10.00 Å². The first-order valence-corrected chi connectivity index (χ1v) is 7.64. The number of carbonyl (C=O) groups excluding carboxylic acids is 2. The van der Waals surface area contributed by atoms with Crippen molar-refractivity contribution >= 4 is 28.3 Å². The monoisotopic (exact) mass is 330 g/mol. The van der Waals surface area contributed by atoms with Crippen molar-refractivity contribution in [2.75, 3.05) is 5.32 Å². The smallest absolute Gasteiger partial charge is 0.345 e. The van der Waals surface area contributed by atoms with Gasteiger partial charge in [-0.3, -0.25) is 4.79 Å². The second kappa shape index (κ2) is 7.28. The number of para-hydroxylation sites is 1. The van der Waals surface area contributed by atoms with Crippen LogP contribution in [0.5, 0.6) is 5.75 Å². The average Bonchev–Trinajstić information content (AvgIpc) is 2.62. The molecular weight excluding hydrogens is 316 g/mol. The molecule has 3 rings (SSSR count). The molecule has 0 unspecified atom stereocenters. The summed E-state index contributed by atoms with van der Waals surface area (Å²) in [6.45, 7) is 0. The number of ether oxygens (including phenoxy) is 1. The number of nitrogens with one attached hydrogen (secondary N) is 1. The largest absolute Gasteiger partial charge is 0.423 e. The Bertz CT molecular complexity index is 989. The second-order valence-corrected chi connectivity index (χ2v) is 5.33. The standard InChI is InChI=1S/C20H14N2O3/c21-12-11-19(23)22-18-8-4-3-7-17(18)20(24)25-16-10-9-14-5-1-2-6-15(14)13-16/h1-10,13H,11H2,(H,22,23). The molecule has 0 atom stereocenters. The first-order chi connectivity index (χ1) is 12.2. The number of hydrogen-bond donors (Lipinski definition) is 1. The summed E-state index contributed by atoms with van der Waals surface area (Å²) in [5.74, 6) is -0.640. The highest BCUT2D eigenvalue weighted by molar-refractivity contribution is 6.02. The summed E-state index contributed by atoms with van der Waals surface area (Å²) in [5.41, 5.74) is 0.537. The summed E-state index contributed by atoms with van der Waals surface area (Å²) in [6.07, 6.45) is -0.284. The zero-order valence-electron chi connectivity index (χ0n) is 13.2. The molecule has 0 aromatic heterocycles. The molecule has 3 aromatic carbocycles. The molecule has 0 aliphatic carbocycles. The van der Waals surface area contributed by atoms with E-state index < -0.39 is 11.9 Å². The number of fused-ring (bicyclic) bond motifs is 1. The Kier molecular flexibility index (Phi) is 4.72. The molecule has 0 saturated heterocycles. The van der Waals surface area contributed by atoms with E-state index in [-0.39, 0.29) is 12.0 Å². The number of hydrogen-bond acceptors (Lipinski definition) is 4. The maximum atomic E-state index is 12.5. The highest BCUT2D eigenvalue weighted by atomic mass is 16.5. The number of amides is 1. The number of anilines is 1. The second-order valence-electron chi connectivity index (χ2n) is 5.33. The predicted octanol–water partition coefficient (Wildman–Crippen LogP) is 3.91. The maximum absolute atomic E-state index is 12.5. The van der Waals surface area contributed by atoms with E-state index in [9.17, 15) is 9.59 Å². The number of benzene rings is 3. The molecule has 0 spiro atoms. The number of nitriles is 1. The zero-order chi connectivity index (χ0) is 17.6. The number of esters is 1. The minimum atomic E-state index is -0.580. The third-order valence-corrected chi connectivity index (χ3v) is 3.59. The Hall–Kier alpha value is -3.65. The van der Waals surface area contributed by atoms with Crippen molar-refractivity contribution < 1.29 is 14.3 Å². The van der Waals surface area contributed by atoms with Crippen molar-refractivity contribution in [2.24, 2.45) is 0 Å². The van der Waals surface area contributed by atoms with Gasteiger partial charge in [-0.05, 0) is 35.0 Å². The molecule has 1 amide bonds. The Labute approximate surface area is 144 Å². The van der Waals surface area contributed by atoms with Crippen LogP contribution in [0.3, 0.4) is 0 Å². The molecule has 0 heterocycles. The Morgan fingerprint density at radius 2 is 1.68 bits per heavy atom. The molecule has 0 fully saturated rings. The molecule has 0 saturated carbocycles. The van der Waals surface area contributed by atoms with Crippen LogP contribution in [0.15, 0.2) is 66.7 Å². The minimum Gasteiger partial charge on any atom is -0.423 e. The molecule has 0 bridgehead atoms. The first-order valence-electron chi connectivity index (χ1n) is 7.64. The van der Waals surface area contributed by atoms with Gasteiger partial charge in [0, 0.05) is 0 Å². The summed E-state index contributed by atoms with van der Waals surface area (Å²) in [4.78, 5) is 24.1. The molecule has 122 valence electrons. The van der Waals surface area contributed by atoms with E-state index in [2.05, 4.69) is 5.32 Å². The van der Waals surface area contributed by atoms with Crippen molar-refractivity contribution in [1.29, 1.82) is 5.26 Å². The van der Waals surface area contributed by atoms with Crippen molar-refractivity contribution in [3.63, 3.8) is 0 Å². The summed E-state index contributed by atoms with van der Waals surface area (Å²) in [6, 6.07) is 21.4. The van der Waals surface area contributed by atoms with Crippen LogP contribution in [0, 0.1) is 11.3 Å². The van der Waals surface area contributed by atoms with Crippen LogP contribution in [0.4, 0.5) is 5.69 Å². The Balaban J connectivity index is 1.83. The van der Waals surface area contributed by atoms with Gasteiger partial charge < -0.3 is 10.1 Å². The van der Waals surface area contributed by atoms with Gasteiger partial charge in [-0.1, -0.05) is 42.5 Å². The van der Waals surface area contributed by atoms with Gasteiger partial charge in [-0.15, -0.1) is 0 Å². The van der Waals surface area contributed by atoms with E-state index in [0.29, 0.717) is 11.4 Å². The third-order valence-electron chi connectivity index (χ3n) is 3.59. The van der Waals surface area contributed by atoms with Crippen LogP contribution >= 0.6 is 0 Å². The SMILES string of the molecule is N#CCC(=O)Nc1ccccc1C(=O)Oc1ccc2ccccc2c1. The van der Waals surface area contributed by atoms with E-state index in [0.717, 1.165) is 10.8 Å². The van der Waals surface area contributed by atoms with Crippen LogP contribution in [-0.4, -0.2) is 11.9 Å². The fourth-order valence-corrected chi connectivity index (χ4v) is 2.43. The fraction of sp³-hybridized carbons (Fsp3) is 0.0500. The van der Waals surface area contributed by atoms with E-state index in [1.54, 1.807) is 42.5 Å². The predicted molar refractivity (Wildman–Crippen MR) is 94.2 cm³/mol. The van der Waals surface area contributed by atoms with Crippen molar-refractivity contribution in [3.8, 4) is 11.8 Å². The van der Waals surface area contributed by atoms with Crippen molar-refractivity contribution in [3.05, 3.63) is 72.3 Å². The topological polar surface area (TPSA) is 79.2 Å². The highest BCUT2D eigenvalue weighted by Gasteiger charge is 2.15. The Morgan fingerprint density at radius 3 is 2.48 bits per heavy atom. The lowest BCUT2D eigenvalue weighted by molar-refractivity contribution is -0.115. The third kappa shape index (κ3) is 3.82. The lowest BCUT2D eigenvalue weighted by Gasteiger charge is -2.10. The van der Waals surface area contributed by atoms with Crippen molar-refractivity contribution in [2.45, 2.75) is 6.42 Å². The van der Waals surface area contributed by atoms with Crippen LogP contribution in [-0.2, 0) is 4.79 Å². The van der Waals surface area contributed by atoms with Gasteiger partial charge in [0.1, 0.15) is 12.2 Å². The number of carbonyl (C=O) groups is 2. The molecule has 5 heteroatoms. The lowest BCUT2D eigenvalue weighted by atomic mass is 10.1. The molecule has 3 aromatic rings. The van der Waals surface area contributed by atoms with Gasteiger partial charge in [-0.25, -0.2) is 4.79 Å². The average molecular weight is 330 g/mol. The van der Waals surface area contributed by atoms with Gasteiger partial charge in [0.2, 0.25) is 5.91 Å². The van der Waals surface area contributed by atoms with E-state index in [1.165, 1.54) is 0 Å². The van der Waals surface area contributed by atoms with Gasteiger partial charge in [0.25, 0.3) is 0 Å². The van der Waals surface area contributed by atoms with Crippen LogP contribution < -0.4 is 10.1 Å². The maximum Gasteiger partial charge on any atom is 0.345 e. The normalized spacial score (nSPS) is 10.0. The van der Waals surface area contributed by atoms with E-state index >= 15 is 0 Å². The number of nitrogens with zero attached hydrogens (tertiary/aromatic N) is 1. The summed E-state index contributed by atoms with van der Waals surface area (Å²) < 4.78 is 5.44. The molecular formula is C20H14N2O3. The van der Waals surface area contributed by atoms with Gasteiger partial charge in [-0.2, -0.15) is 5.26 Å². The lowest BCUT2D eigenvalue weighted by Crippen LogP contribution is -2.16. The summed E-state index contributed by atoms with van der Waals surface area (Å²) >= 11 is 0. The molecule has 25 heavy (non-hydrogen) atoms. The fourth-order valence-electron chi connectivity index (χ4n) is 2.43. The first kappa shape index (κ1) is 16.2. The molecule has 0 aliphatic heterocycles. The van der Waals surface area contributed by atoms with E-state index in [1.807, 2.05) is 30.3 Å². The zero-order valence-corrected chi connectivity index (χ0v) is 13.2. The van der Waals surface area contributed by atoms with Gasteiger partial charge in [0.05, 0.1) is 17.3 Å². The Morgan fingerprint density at radius 1 is 0.960 bits per heavy atom. The molecule has 0 aliphatic rings. The molecule has 1 N–H and O–H groups in total. The van der Waals surface area contributed by atoms with Gasteiger partial charge in [0.15, 0.2) is 0 Å². The summed E-state index contributed by atoms with van der Waals surface area (Å²) in [5, 5.41) is 13.1. The molecule has 0 radical (unpaired) electrons. The molecule has 5 nitrogen and oxygen atoms in total. The summed E-state index contributed by atoms with van der Waals surface area (Å²) in [7, 11) is 0. The van der Waals surface area contributed by atoms with Crippen LogP contribution in [0.2, 0.25) is 0 Å². The van der Waals surface area contributed by atoms with Gasteiger partial charge >= 0.3 is 5.97 Å². The van der Waals surface area contributed by atoms with Crippen LogP contribution in [0.1, 0.15) is 16.8 Å². The highest BCUT2D eigenvalue weighted by Crippen LogP contribution is 2.23. The quantitative estimate of drug-likeness (QED) is 0.581. The van der Waals surface area contributed by atoms with Crippen molar-refractivity contribution in [1.82, 2.24) is 0 Å². The minimum absolute atomic E-state index is 0.224. The van der Waals surface area contributed by atoms with Crippen LogP contribution in [0.25, 0.3) is 10.8 Å². The number of rotatable bonds is 4.